The Morgan fingerprint density at radius 2 is 1.95 bits per heavy atom. The van der Waals surface area contributed by atoms with Gasteiger partial charge in [-0.05, 0) is 25.1 Å². The number of anilines is 1. The second kappa shape index (κ2) is 5.30. The number of hydrogen-bond donors (Lipinski definition) is 2. The first-order valence-corrected chi connectivity index (χ1v) is 6.38. The van der Waals surface area contributed by atoms with Crippen LogP contribution < -0.4 is 11.1 Å². The fraction of sp³-hybridized carbons (Fsp3) is 0.250. The molecule has 0 bridgehead atoms. The van der Waals surface area contributed by atoms with Gasteiger partial charge in [0.25, 0.3) is 17.4 Å². The van der Waals surface area contributed by atoms with Gasteiger partial charge < -0.3 is 15.9 Å². The van der Waals surface area contributed by atoms with Crippen LogP contribution in [0.3, 0.4) is 0 Å². The van der Waals surface area contributed by atoms with E-state index in [1.807, 2.05) is 0 Å². The first-order chi connectivity index (χ1) is 9.33. The summed E-state index contributed by atoms with van der Waals surface area (Å²) in [7, 11) is 0. The standard InChI is InChI=1S/C12H11Cl2N3O3/c1-6-5-12(10(15)18,20-17-6)11(19)16-9-3-7(13)2-8(14)4-9/h2-4H,5H2,1H3,(H2,15,18)(H,16,19). The molecule has 106 valence electrons. The molecule has 0 aliphatic carbocycles. The van der Waals surface area contributed by atoms with Crippen molar-refractivity contribution in [2.75, 3.05) is 5.32 Å². The summed E-state index contributed by atoms with van der Waals surface area (Å²) in [5, 5.41) is 6.81. The summed E-state index contributed by atoms with van der Waals surface area (Å²) in [4.78, 5) is 28.7. The number of primary amides is 1. The van der Waals surface area contributed by atoms with E-state index >= 15 is 0 Å². The minimum Gasteiger partial charge on any atom is -0.369 e. The van der Waals surface area contributed by atoms with Crippen molar-refractivity contribution in [3.8, 4) is 0 Å². The molecule has 8 heteroatoms. The summed E-state index contributed by atoms with van der Waals surface area (Å²) in [6.07, 6.45) is 0.00244. The van der Waals surface area contributed by atoms with Gasteiger partial charge in [0.15, 0.2) is 0 Å². The number of amides is 2. The van der Waals surface area contributed by atoms with Gasteiger partial charge in [-0.15, -0.1) is 0 Å². The Bertz CT molecular complexity index is 598. The van der Waals surface area contributed by atoms with E-state index in [0.29, 0.717) is 21.4 Å². The summed E-state index contributed by atoms with van der Waals surface area (Å²) >= 11 is 11.7. The van der Waals surface area contributed by atoms with Crippen LogP contribution in [0.25, 0.3) is 0 Å². The first kappa shape index (κ1) is 14.6. The Labute approximate surface area is 124 Å². The molecule has 2 amide bonds. The molecular formula is C12H11Cl2N3O3. The van der Waals surface area contributed by atoms with E-state index in [9.17, 15) is 9.59 Å². The molecule has 0 saturated carbocycles. The first-order valence-electron chi connectivity index (χ1n) is 5.62. The van der Waals surface area contributed by atoms with Gasteiger partial charge in [-0.3, -0.25) is 9.59 Å². The van der Waals surface area contributed by atoms with E-state index < -0.39 is 17.4 Å². The molecule has 1 aliphatic heterocycles. The predicted molar refractivity (Wildman–Crippen MR) is 75.8 cm³/mol. The normalized spacial score (nSPS) is 21.1. The monoisotopic (exact) mass is 315 g/mol. The molecule has 1 aromatic carbocycles. The maximum atomic E-state index is 12.2. The molecule has 0 saturated heterocycles. The maximum Gasteiger partial charge on any atom is 0.297 e. The van der Waals surface area contributed by atoms with Gasteiger partial charge in [0, 0.05) is 15.7 Å². The van der Waals surface area contributed by atoms with Crippen LogP contribution in [0.1, 0.15) is 13.3 Å². The van der Waals surface area contributed by atoms with Gasteiger partial charge in [-0.2, -0.15) is 0 Å². The van der Waals surface area contributed by atoms with Crippen molar-refractivity contribution in [1.29, 1.82) is 0 Å². The molecule has 1 heterocycles. The summed E-state index contributed by atoms with van der Waals surface area (Å²) in [6, 6.07) is 4.49. The van der Waals surface area contributed by atoms with E-state index in [-0.39, 0.29) is 6.42 Å². The lowest BCUT2D eigenvalue weighted by Gasteiger charge is -2.21. The average Bonchev–Trinajstić information content (AvgIpc) is 2.71. The molecule has 0 aromatic heterocycles. The van der Waals surface area contributed by atoms with Crippen LogP contribution in [-0.2, 0) is 14.4 Å². The number of oxime groups is 1. The third-order valence-electron chi connectivity index (χ3n) is 2.75. The van der Waals surface area contributed by atoms with Crippen molar-refractivity contribution in [3.05, 3.63) is 28.2 Å². The number of nitrogens with one attached hydrogen (secondary N) is 1. The van der Waals surface area contributed by atoms with Gasteiger partial charge >= 0.3 is 0 Å². The minimum atomic E-state index is -1.83. The molecule has 6 nitrogen and oxygen atoms in total. The smallest absolute Gasteiger partial charge is 0.297 e. The summed E-state index contributed by atoms with van der Waals surface area (Å²) in [6.45, 7) is 1.63. The molecule has 0 radical (unpaired) electrons. The summed E-state index contributed by atoms with van der Waals surface area (Å²) in [5.74, 6) is -1.63. The maximum absolute atomic E-state index is 12.2. The quantitative estimate of drug-likeness (QED) is 0.835. The van der Waals surface area contributed by atoms with Crippen molar-refractivity contribution >= 4 is 46.4 Å². The van der Waals surface area contributed by atoms with E-state index in [2.05, 4.69) is 10.5 Å². The number of halogens is 2. The number of carbonyl (C=O) groups is 2. The highest BCUT2D eigenvalue weighted by Crippen LogP contribution is 2.28. The van der Waals surface area contributed by atoms with Crippen molar-refractivity contribution in [1.82, 2.24) is 0 Å². The molecule has 3 N–H and O–H groups in total. The van der Waals surface area contributed by atoms with Crippen LogP contribution in [-0.4, -0.2) is 23.1 Å². The third kappa shape index (κ3) is 2.71. The fourth-order valence-corrected chi connectivity index (χ4v) is 2.33. The van der Waals surface area contributed by atoms with Crippen LogP contribution in [0.15, 0.2) is 23.4 Å². The molecule has 0 spiro atoms. The van der Waals surface area contributed by atoms with E-state index in [4.69, 9.17) is 33.8 Å². The number of rotatable bonds is 3. The second-order valence-electron chi connectivity index (χ2n) is 4.40. The molecule has 0 fully saturated rings. The SMILES string of the molecule is CC1=NOC(C(N)=O)(C(=O)Nc2cc(Cl)cc(Cl)c2)C1. The largest absolute Gasteiger partial charge is 0.369 e. The van der Waals surface area contributed by atoms with Crippen LogP contribution in [0, 0.1) is 0 Å². The molecular weight excluding hydrogens is 305 g/mol. The zero-order valence-corrected chi connectivity index (χ0v) is 12.0. The van der Waals surface area contributed by atoms with Crippen LogP contribution >= 0.6 is 23.2 Å². The molecule has 1 unspecified atom stereocenters. The third-order valence-corrected chi connectivity index (χ3v) is 3.18. The minimum absolute atomic E-state index is 0.00244. The average molecular weight is 316 g/mol. The van der Waals surface area contributed by atoms with Crippen molar-refractivity contribution in [2.45, 2.75) is 18.9 Å². The topological polar surface area (TPSA) is 93.8 Å². The van der Waals surface area contributed by atoms with Gasteiger partial charge in [0.2, 0.25) is 0 Å². The lowest BCUT2D eigenvalue weighted by Crippen LogP contribution is -2.53. The van der Waals surface area contributed by atoms with Crippen LogP contribution in [0.2, 0.25) is 10.0 Å². The van der Waals surface area contributed by atoms with Crippen LogP contribution in [0.4, 0.5) is 5.69 Å². The Morgan fingerprint density at radius 1 is 1.35 bits per heavy atom. The fourth-order valence-electron chi connectivity index (χ4n) is 1.80. The lowest BCUT2D eigenvalue weighted by molar-refractivity contribution is -0.152. The van der Waals surface area contributed by atoms with Gasteiger partial charge in [-0.25, -0.2) is 0 Å². The number of nitrogens with two attached hydrogens (primary N) is 1. The summed E-state index contributed by atoms with van der Waals surface area (Å²) in [5.41, 5.74) is 4.26. The van der Waals surface area contributed by atoms with E-state index in [0.717, 1.165) is 0 Å². The highest BCUT2D eigenvalue weighted by Gasteiger charge is 2.51. The lowest BCUT2D eigenvalue weighted by atomic mass is 9.96. The number of benzene rings is 1. The van der Waals surface area contributed by atoms with E-state index in [1.165, 1.54) is 18.2 Å². The van der Waals surface area contributed by atoms with Crippen molar-refractivity contribution in [2.24, 2.45) is 10.9 Å². The Hall–Kier alpha value is -1.79. The molecule has 1 atom stereocenters. The van der Waals surface area contributed by atoms with Gasteiger partial charge in [-0.1, -0.05) is 28.4 Å². The Kier molecular flexibility index (Phi) is 3.87. The Balaban J connectivity index is 2.24. The highest BCUT2D eigenvalue weighted by atomic mass is 35.5. The van der Waals surface area contributed by atoms with Crippen molar-refractivity contribution < 1.29 is 14.4 Å². The van der Waals surface area contributed by atoms with Crippen molar-refractivity contribution in [3.63, 3.8) is 0 Å². The highest BCUT2D eigenvalue weighted by molar-refractivity contribution is 6.35. The predicted octanol–water partition coefficient (Wildman–Crippen LogP) is 1.95. The summed E-state index contributed by atoms with van der Waals surface area (Å²) < 4.78 is 0. The van der Waals surface area contributed by atoms with E-state index in [1.54, 1.807) is 6.92 Å². The van der Waals surface area contributed by atoms with Gasteiger partial charge in [0.1, 0.15) is 0 Å². The number of carbonyl (C=O) groups excluding carboxylic acids is 2. The molecule has 20 heavy (non-hydrogen) atoms. The molecule has 1 aliphatic rings. The zero-order valence-electron chi connectivity index (χ0n) is 10.4. The van der Waals surface area contributed by atoms with Crippen LogP contribution in [0.5, 0.6) is 0 Å². The van der Waals surface area contributed by atoms with Gasteiger partial charge in [0.05, 0.1) is 12.1 Å². The molecule has 2 rings (SSSR count). The Morgan fingerprint density at radius 3 is 2.40 bits per heavy atom. The zero-order chi connectivity index (χ0) is 14.9. The second-order valence-corrected chi connectivity index (χ2v) is 5.27. The number of hydrogen-bond acceptors (Lipinski definition) is 4. The number of nitrogens with zero attached hydrogens (tertiary/aromatic N) is 1. The molecule has 1 aromatic rings.